The van der Waals surface area contributed by atoms with Crippen LogP contribution >= 0.6 is 0 Å². The summed E-state index contributed by atoms with van der Waals surface area (Å²) in [6.45, 7) is 3.63. The molecule has 0 saturated heterocycles. The summed E-state index contributed by atoms with van der Waals surface area (Å²) in [4.78, 5) is 22.8. The van der Waals surface area contributed by atoms with Gasteiger partial charge in [-0.05, 0) is 42.7 Å². The van der Waals surface area contributed by atoms with Crippen LogP contribution in [0.4, 0.5) is 11.4 Å². The number of nitrogens with zero attached hydrogens (tertiary/aromatic N) is 1. The van der Waals surface area contributed by atoms with Gasteiger partial charge in [0, 0.05) is 18.2 Å². The minimum atomic E-state index is -3.54. The Hall–Kier alpha value is -3.20. The van der Waals surface area contributed by atoms with E-state index in [1.165, 1.54) is 55.7 Å². The zero-order valence-corrected chi connectivity index (χ0v) is 17.8. The van der Waals surface area contributed by atoms with E-state index in [2.05, 4.69) is 5.32 Å². The summed E-state index contributed by atoms with van der Waals surface area (Å²) in [5, 5.41) is 12.9. The van der Waals surface area contributed by atoms with E-state index in [1.54, 1.807) is 6.07 Å². The molecule has 0 unspecified atom stereocenters. The Bertz CT molecular complexity index is 1060. The monoisotopic (exact) mass is 432 g/mol. The number of rotatable bonds is 9. The fourth-order valence-electron chi connectivity index (χ4n) is 2.97. The third kappa shape index (κ3) is 5.44. The molecule has 0 saturated carbocycles. The molecule has 0 heterocycles. The minimum absolute atomic E-state index is 0.0847. The lowest BCUT2D eigenvalue weighted by molar-refractivity contribution is -0.384. The van der Waals surface area contributed by atoms with E-state index in [9.17, 15) is 23.3 Å². The topological polar surface area (TPSA) is 116 Å². The van der Waals surface area contributed by atoms with E-state index in [-0.39, 0.29) is 16.3 Å². The first kappa shape index (κ1) is 23.1. The van der Waals surface area contributed by atoms with E-state index >= 15 is 0 Å². The number of hydrogen-bond acceptors (Lipinski definition) is 6. The number of benzene rings is 2. The number of methoxy groups -OCH3 is 1. The van der Waals surface area contributed by atoms with Crippen LogP contribution in [0.3, 0.4) is 0 Å². The molecule has 0 aliphatic rings. The van der Waals surface area contributed by atoms with Crippen LogP contribution < -0.4 is 10.1 Å². The van der Waals surface area contributed by atoms with Crippen molar-refractivity contribution in [2.24, 2.45) is 0 Å². The number of non-ortho nitro benzene ring substituents is 1. The van der Waals surface area contributed by atoms with Crippen LogP contribution in [0.2, 0.25) is 0 Å². The maximum Gasteiger partial charge on any atom is 0.270 e. The molecule has 0 aliphatic heterocycles. The Morgan fingerprint density at radius 1 is 1.20 bits per heavy atom. The van der Waals surface area contributed by atoms with Gasteiger partial charge in [-0.15, -0.1) is 0 Å². The molecule has 1 amide bonds. The van der Waals surface area contributed by atoms with Crippen molar-refractivity contribution in [3.05, 3.63) is 64.2 Å². The summed E-state index contributed by atoms with van der Waals surface area (Å²) in [6.07, 6.45) is 3.61. The predicted molar refractivity (Wildman–Crippen MR) is 115 cm³/mol. The van der Waals surface area contributed by atoms with Crippen LogP contribution in [0.5, 0.6) is 5.75 Å². The molecule has 0 aliphatic carbocycles. The van der Waals surface area contributed by atoms with Gasteiger partial charge >= 0.3 is 0 Å². The van der Waals surface area contributed by atoms with Crippen molar-refractivity contribution < 1.29 is 22.9 Å². The summed E-state index contributed by atoms with van der Waals surface area (Å²) < 4.78 is 30.8. The number of ether oxygens (including phenoxy) is 1. The number of sulfone groups is 1. The number of amides is 1. The largest absolute Gasteiger partial charge is 0.495 e. The fraction of sp³-hybridized carbons (Fsp3) is 0.286. The first-order valence-corrected chi connectivity index (χ1v) is 10.9. The molecule has 9 heteroatoms. The van der Waals surface area contributed by atoms with Crippen LogP contribution in [-0.4, -0.2) is 31.6 Å². The lowest BCUT2D eigenvalue weighted by atomic mass is 10.2. The molecule has 2 aromatic rings. The standard InChI is InChI=1S/C21H24N2O6S/c1-4-17(5-2)30(27,28)18-10-11-20(29-3)19(14-18)22-21(24)12-9-15-7-6-8-16(13-15)23(25)26/h6-14,17H,4-5H2,1-3H3,(H,22,24). The highest BCUT2D eigenvalue weighted by Gasteiger charge is 2.25. The van der Waals surface area contributed by atoms with Gasteiger partial charge in [0.2, 0.25) is 5.91 Å². The molecule has 160 valence electrons. The Labute approximate surface area is 175 Å². The fourth-order valence-corrected chi connectivity index (χ4v) is 4.77. The quantitative estimate of drug-likeness (QED) is 0.360. The maximum absolute atomic E-state index is 12.8. The van der Waals surface area contributed by atoms with Crippen molar-refractivity contribution in [3.63, 3.8) is 0 Å². The molecular weight excluding hydrogens is 408 g/mol. The second-order valence-electron chi connectivity index (χ2n) is 6.52. The van der Waals surface area contributed by atoms with Crippen molar-refractivity contribution in [2.45, 2.75) is 36.8 Å². The van der Waals surface area contributed by atoms with Gasteiger partial charge in [-0.1, -0.05) is 26.0 Å². The molecule has 2 rings (SSSR count). The Morgan fingerprint density at radius 3 is 2.50 bits per heavy atom. The number of anilines is 1. The van der Waals surface area contributed by atoms with Gasteiger partial charge in [0.1, 0.15) is 5.75 Å². The van der Waals surface area contributed by atoms with Gasteiger partial charge < -0.3 is 10.1 Å². The van der Waals surface area contributed by atoms with E-state index in [0.717, 1.165) is 0 Å². The number of carbonyl (C=O) groups is 1. The normalized spacial score (nSPS) is 11.6. The van der Waals surface area contributed by atoms with Crippen molar-refractivity contribution >= 4 is 33.2 Å². The Balaban J connectivity index is 2.27. The van der Waals surface area contributed by atoms with Crippen molar-refractivity contribution in [1.29, 1.82) is 0 Å². The lowest BCUT2D eigenvalue weighted by Crippen LogP contribution is -2.20. The number of nitrogens with one attached hydrogen (secondary N) is 1. The minimum Gasteiger partial charge on any atom is -0.495 e. The maximum atomic E-state index is 12.8. The molecule has 0 spiro atoms. The molecule has 2 aromatic carbocycles. The molecule has 8 nitrogen and oxygen atoms in total. The van der Waals surface area contributed by atoms with Gasteiger partial charge in [0.05, 0.1) is 27.9 Å². The van der Waals surface area contributed by atoms with Crippen LogP contribution in [0.1, 0.15) is 32.3 Å². The summed E-state index contributed by atoms with van der Waals surface area (Å²) in [5.74, 6) is -0.215. The highest BCUT2D eigenvalue weighted by atomic mass is 32.2. The van der Waals surface area contributed by atoms with Crippen LogP contribution in [-0.2, 0) is 14.6 Å². The van der Waals surface area contributed by atoms with Crippen LogP contribution in [0.15, 0.2) is 53.4 Å². The van der Waals surface area contributed by atoms with Crippen molar-refractivity contribution in [3.8, 4) is 5.75 Å². The number of nitro benzene ring substituents is 1. The van der Waals surface area contributed by atoms with Gasteiger partial charge in [-0.3, -0.25) is 14.9 Å². The average molecular weight is 432 g/mol. The molecule has 0 bridgehead atoms. The van der Waals surface area contributed by atoms with Crippen molar-refractivity contribution in [2.75, 3.05) is 12.4 Å². The molecule has 30 heavy (non-hydrogen) atoms. The summed E-state index contributed by atoms with van der Waals surface area (Å²) in [5.41, 5.74) is 0.619. The first-order valence-electron chi connectivity index (χ1n) is 9.38. The molecule has 0 aromatic heterocycles. The SMILES string of the molecule is CCC(CC)S(=O)(=O)c1ccc(OC)c(NC(=O)C=Cc2cccc([N+](=O)[O-])c2)c1. The third-order valence-corrected chi connectivity index (χ3v) is 7.07. The lowest BCUT2D eigenvalue weighted by Gasteiger charge is -2.16. The van der Waals surface area contributed by atoms with Gasteiger partial charge in [0.25, 0.3) is 5.69 Å². The van der Waals surface area contributed by atoms with E-state index in [1.807, 2.05) is 13.8 Å². The number of carbonyl (C=O) groups excluding carboxylic acids is 1. The molecule has 0 radical (unpaired) electrons. The average Bonchev–Trinajstić information content (AvgIpc) is 2.73. The smallest absolute Gasteiger partial charge is 0.270 e. The number of nitro groups is 1. The highest BCUT2D eigenvalue weighted by Crippen LogP contribution is 2.30. The van der Waals surface area contributed by atoms with Crippen LogP contribution in [0.25, 0.3) is 6.08 Å². The molecule has 1 N–H and O–H groups in total. The first-order chi connectivity index (χ1) is 14.2. The zero-order chi connectivity index (χ0) is 22.3. The predicted octanol–water partition coefficient (Wildman–Crippen LogP) is 4.22. The van der Waals surface area contributed by atoms with Gasteiger partial charge in [-0.25, -0.2) is 8.42 Å². The second-order valence-corrected chi connectivity index (χ2v) is 8.75. The van der Waals surface area contributed by atoms with Crippen LogP contribution in [0, 0.1) is 10.1 Å². The van der Waals surface area contributed by atoms with Gasteiger partial charge in [0.15, 0.2) is 9.84 Å². The molecule has 0 fully saturated rings. The summed E-state index contributed by atoms with van der Waals surface area (Å²) in [6, 6.07) is 10.2. The molecular formula is C21H24N2O6S. The second kappa shape index (κ2) is 10.0. The van der Waals surface area contributed by atoms with Gasteiger partial charge in [-0.2, -0.15) is 0 Å². The third-order valence-electron chi connectivity index (χ3n) is 4.62. The van der Waals surface area contributed by atoms with E-state index in [0.29, 0.717) is 24.2 Å². The Morgan fingerprint density at radius 2 is 1.90 bits per heavy atom. The van der Waals surface area contributed by atoms with Crippen molar-refractivity contribution in [1.82, 2.24) is 0 Å². The Kier molecular flexibility index (Phi) is 7.71. The molecule has 0 atom stereocenters. The van der Waals surface area contributed by atoms with E-state index < -0.39 is 25.9 Å². The summed E-state index contributed by atoms with van der Waals surface area (Å²) in [7, 11) is -2.13. The number of hydrogen-bond donors (Lipinski definition) is 1. The van der Waals surface area contributed by atoms with E-state index in [4.69, 9.17) is 4.74 Å². The zero-order valence-electron chi connectivity index (χ0n) is 17.0. The summed E-state index contributed by atoms with van der Waals surface area (Å²) >= 11 is 0. The highest BCUT2D eigenvalue weighted by molar-refractivity contribution is 7.92.